The van der Waals surface area contributed by atoms with E-state index in [9.17, 15) is 4.79 Å². The Morgan fingerprint density at radius 3 is 2.86 bits per heavy atom. The van der Waals surface area contributed by atoms with E-state index in [1.165, 1.54) is 19.3 Å². The van der Waals surface area contributed by atoms with Gasteiger partial charge in [-0.15, -0.1) is 0 Å². The smallest absolute Gasteiger partial charge is 0.221 e. The molecule has 0 aromatic rings. The number of amides is 1. The van der Waals surface area contributed by atoms with Crippen molar-refractivity contribution < 1.29 is 4.79 Å². The van der Waals surface area contributed by atoms with Crippen LogP contribution in [0.4, 0.5) is 0 Å². The number of nitrogens with one attached hydrogen (secondary N) is 1. The van der Waals surface area contributed by atoms with Gasteiger partial charge in [0.25, 0.3) is 0 Å². The van der Waals surface area contributed by atoms with E-state index in [1.54, 1.807) is 7.05 Å². The summed E-state index contributed by atoms with van der Waals surface area (Å²) in [5, 5.41) is 2.73. The topological polar surface area (TPSA) is 32.3 Å². The number of carbonyl (C=O) groups is 1. The highest BCUT2D eigenvalue weighted by Gasteiger charge is 2.54. The molecule has 0 radical (unpaired) electrons. The second-order valence-corrected chi connectivity index (χ2v) is 5.09. The van der Waals surface area contributed by atoms with E-state index in [0.717, 1.165) is 12.0 Å². The fraction of sp³-hybridized carbons (Fsp3) is 0.909. The number of rotatable bonds is 2. The highest BCUT2D eigenvalue weighted by molar-refractivity contribution is 5.77. The Kier molecular flexibility index (Phi) is 2.30. The predicted octanol–water partition coefficient (Wildman–Crippen LogP) is 0.995. The quantitative estimate of drug-likeness (QED) is 0.714. The first-order valence-electron chi connectivity index (χ1n) is 5.51. The van der Waals surface area contributed by atoms with Crippen LogP contribution in [0.1, 0.15) is 32.6 Å². The maximum absolute atomic E-state index is 11.4. The molecule has 0 aromatic carbocycles. The lowest BCUT2D eigenvalue weighted by Gasteiger charge is -2.62. The molecule has 1 saturated carbocycles. The van der Waals surface area contributed by atoms with E-state index in [-0.39, 0.29) is 11.4 Å². The van der Waals surface area contributed by atoms with Crippen molar-refractivity contribution >= 4 is 5.91 Å². The second-order valence-electron chi connectivity index (χ2n) is 5.09. The Morgan fingerprint density at radius 1 is 1.57 bits per heavy atom. The summed E-state index contributed by atoms with van der Waals surface area (Å²) in [6.45, 7) is 2.30. The average Bonchev–Trinajstić information content (AvgIpc) is 2.16. The van der Waals surface area contributed by atoms with Gasteiger partial charge in [-0.25, -0.2) is 0 Å². The normalized spacial score (nSPS) is 41.6. The molecular weight excluding hydrogens is 176 g/mol. The lowest BCUT2D eigenvalue weighted by Crippen LogP contribution is -2.69. The van der Waals surface area contributed by atoms with Gasteiger partial charge in [0.1, 0.15) is 0 Å². The average molecular weight is 196 g/mol. The molecular formula is C11H20N2O. The Morgan fingerprint density at radius 2 is 2.29 bits per heavy atom. The minimum atomic E-state index is 0.185. The van der Waals surface area contributed by atoms with Gasteiger partial charge in [-0.2, -0.15) is 0 Å². The lowest BCUT2D eigenvalue weighted by atomic mass is 9.63. The molecule has 3 fully saturated rings. The summed E-state index contributed by atoms with van der Waals surface area (Å²) in [6, 6.07) is 0.739. The van der Waals surface area contributed by atoms with Gasteiger partial charge in [-0.3, -0.25) is 9.69 Å². The molecule has 3 nitrogen and oxygen atoms in total. The van der Waals surface area contributed by atoms with Crippen LogP contribution in [0.15, 0.2) is 0 Å². The zero-order valence-electron chi connectivity index (χ0n) is 9.34. The summed E-state index contributed by atoms with van der Waals surface area (Å²) >= 11 is 0. The summed E-state index contributed by atoms with van der Waals surface area (Å²) in [7, 11) is 3.89. The fourth-order valence-electron chi connectivity index (χ4n) is 3.32. The van der Waals surface area contributed by atoms with Gasteiger partial charge in [-0.1, -0.05) is 6.92 Å². The summed E-state index contributed by atoms with van der Waals surface area (Å²) in [5.74, 6) is 0.971. The highest BCUT2D eigenvalue weighted by atomic mass is 16.1. The maximum atomic E-state index is 11.4. The summed E-state index contributed by atoms with van der Waals surface area (Å²) in [4.78, 5) is 13.8. The molecule has 1 aliphatic carbocycles. The van der Waals surface area contributed by atoms with Crippen molar-refractivity contribution in [1.29, 1.82) is 0 Å². The molecule has 80 valence electrons. The number of hydrogen-bond donors (Lipinski definition) is 1. The predicted molar refractivity (Wildman–Crippen MR) is 56.0 cm³/mol. The van der Waals surface area contributed by atoms with Crippen molar-refractivity contribution in [1.82, 2.24) is 10.2 Å². The molecule has 14 heavy (non-hydrogen) atoms. The SMILES string of the molecule is CNC(=O)CC12CC(C)CC(C1)N2C. The first-order chi connectivity index (χ1) is 6.57. The van der Waals surface area contributed by atoms with Crippen LogP contribution in [0.5, 0.6) is 0 Å². The van der Waals surface area contributed by atoms with Crippen molar-refractivity contribution in [2.24, 2.45) is 5.92 Å². The Hall–Kier alpha value is -0.570. The van der Waals surface area contributed by atoms with Crippen LogP contribution < -0.4 is 5.32 Å². The minimum absolute atomic E-state index is 0.185. The lowest BCUT2D eigenvalue weighted by molar-refractivity contribution is -0.141. The van der Waals surface area contributed by atoms with Gasteiger partial charge in [0.05, 0.1) is 0 Å². The van der Waals surface area contributed by atoms with E-state index in [0.29, 0.717) is 6.42 Å². The highest BCUT2D eigenvalue weighted by Crippen LogP contribution is 2.50. The fourth-order valence-corrected chi connectivity index (χ4v) is 3.32. The van der Waals surface area contributed by atoms with Crippen LogP contribution in [0.3, 0.4) is 0 Å². The largest absolute Gasteiger partial charge is 0.359 e. The zero-order chi connectivity index (χ0) is 10.3. The van der Waals surface area contributed by atoms with Crippen LogP contribution in [-0.4, -0.2) is 36.5 Å². The first-order valence-corrected chi connectivity index (χ1v) is 5.51. The molecule has 3 atom stereocenters. The number of hydrogen-bond acceptors (Lipinski definition) is 2. The molecule has 1 N–H and O–H groups in total. The second kappa shape index (κ2) is 3.23. The van der Waals surface area contributed by atoms with Crippen molar-refractivity contribution in [3.63, 3.8) is 0 Å². The van der Waals surface area contributed by atoms with Crippen LogP contribution in [0, 0.1) is 5.92 Å². The molecule has 2 aliphatic heterocycles. The number of piperidine rings is 1. The summed E-state index contributed by atoms with van der Waals surface area (Å²) in [5.41, 5.74) is 0.197. The molecule has 2 heterocycles. The van der Waals surface area contributed by atoms with E-state index in [4.69, 9.17) is 0 Å². The Labute approximate surface area is 85.8 Å². The maximum Gasteiger partial charge on any atom is 0.221 e. The zero-order valence-corrected chi connectivity index (χ0v) is 9.34. The van der Waals surface area contributed by atoms with Crippen LogP contribution in [0.25, 0.3) is 0 Å². The van der Waals surface area contributed by atoms with E-state index >= 15 is 0 Å². The number of nitrogens with zero attached hydrogens (tertiary/aromatic N) is 1. The van der Waals surface area contributed by atoms with Crippen molar-refractivity contribution in [2.45, 2.75) is 44.2 Å². The van der Waals surface area contributed by atoms with E-state index in [1.807, 2.05) is 0 Å². The standard InChI is InChI=1S/C11H20N2O/c1-8-4-9-6-11(5-8,13(9)3)7-10(14)12-2/h8-9H,4-7H2,1-3H3,(H,12,14). The van der Waals surface area contributed by atoms with Crippen LogP contribution >= 0.6 is 0 Å². The third kappa shape index (κ3) is 1.34. The molecule has 2 saturated heterocycles. The first kappa shape index (κ1) is 9.97. The van der Waals surface area contributed by atoms with Gasteiger partial charge >= 0.3 is 0 Å². The van der Waals surface area contributed by atoms with Crippen molar-refractivity contribution in [3.8, 4) is 0 Å². The van der Waals surface area contributed by atoms with Crippen LogP contribution in [-0.2, 0) is 4.79 Å². The Bertz CT molecular complexity index is 254. The minimum Gasteiger partial charge on any atom is -0.359 e. The number of carbonyl (C=O) groups excluding carboxylic acids is 1. The molecule has 0 spiro atoms. The summed E-state index contributed by atoms with van der Waals surface area (Å²) in [6.07, 6.45) is 4.40. The third-order valence-electron chi connectivity index (χ3n) is 4.08. The van der Waals surface area contributed by atoms with E-state index < -0.39 is 0 Å². The molecule has 3 heteroatoms. The van der Waals surface area contributed by atoms with Crippen LogP contribution in [0.2, 0.25) is 0 Å². The molecule has 3 aliphatic rings. The Balaban J connectivity index is 2.04. The van der Waals surface area contributed by atoms with Gasteiger partial charge in [-0.05, 0) is 32.2 Å². The van der Waals surface area contributed by atoms with Crippen molar-refractivity contribution in [3.05, 3.63) is 0 Å². The monoisotopic (exact) mass is 196 g/mol. The number of fused-ring (bicyclic) bond motifs is 2. The molecule has 3 unspecified atom stereocenters. The third-order valence-corrected chi connectivity index (χ3v) is 4.08. The molecule has 1 amide bonds. The molecule has 2 bridgehead atoms. The van der Waals surface area contributed by atoms with Gasteiger partial charge in [0.2, 0.25) is 5.91 Å². The summed E-state index contributed by atoms with van der Waals surface area (Å²) < 4.78 is 0. The van der Waals surface area contributed by atoms with Gasteiger partial charge < -0.3 is 5.32 Å². The molecule has 0 aromatic heterocycles. The molecule has 3 rings (SSSR count). The van der Waals surface area contributed by atoms with E-state index in [2.05, 4.69) is 24.2 Å². The van der Waals surface area contributed by atoms with Crippen molar-refractivity contribution in [2.75, 3.05) is 14.1 Å². The van der Waals surface area contributed by atoms with Gasteiger partial charge in [0, 0.05) is 25.0 Å². The van der Waals surface area contributed by atoms with Gasteiger partial charge in [0.15, 0.2) is 0 Å².